The third-order valence-electron chi connectivity index (χ3n) is 5.48. The van der Waals surface area contributed by atoms with Crippen LogP contribution in [0.25, 0.3) is 0 Å². The highest BCUT2D eigenvalue weighted by Gasteiger charge is 2.86. The predicted molar refractivity (Wildman–Crippen MR) is 71.7 cm³/mol. The fraction of sp³-hybridized carbons (Fsp3) is 1.00. The summed E-state index contributed by atoms with van der Waals surface area (Å²) < 4.78 is 91.9. The molecule has 0 radical (unpaired) electrons. The van der Waals surface area contributed by atoms with Gasteiger partial charge in [-0.2, -0.15) is 17.6 Å². The highest BCUT2D eigenvalue weighted by atomic mass is 19.3. The highest BCUT2D eigenvalue weighted by molar-refractivity contribution is 5.18. The van der Waals surface area contributed by atoms with Crippen LogP contribution < -0.4 is 0 Å². The predicted octanol–water partition coefficient (Wildman–Crippen LogP) is 5.53. The van der Waals surface area contributed by atoms with E-state index in [1.54, 1.807) is 0 Å². The Morgan fingerprint density at radius 1 is 0.773 bits per heavy atom. The normalized spacial score (nSPS) is 35.5. The monoisotopic (exact) mass is 334 g/mol. The average Bonchev–Trinajstić information content (AvgIpc) is 2.41. The number of hydrogen-bond acceptors (Lipinski definition) is 1. The molecular formula is C15H24F6O. The van der Waals surface area contributed by atoms with E-state index < -0.39 is 40.8 Å². The van der Waals surface area contributed by atoms with Crippen molar-refractivity contribution in [3.8, 4) is 0 Å². The summed E-state index contributed by atoms with van der Waals surface area (Å²) in [5.74, 6) is -14.4. The summed E-state index contributed by atoms with van der Waals surface area (Å²) >= 11 is 0. The van der Waals surface area contributed by atoms with Gasteiger partial charge < -0.3 is 4.74 Å². The van der Waals surface area contributed by atoms with Gasteiger partial charge in [0.05, 0.1) is 6.61 Å². The molecule has 1 rings (SSSR count). The summed E-state index contributed by atoms with van der Waals surface area (Å²) in [4.78, 5) is 0. The van der Waals surface area contributed by atoms with Gasteiger partial charge in [0.15, 0.2) is 0 Å². The Kier molecular flexibility index (Phi) is 4.47. The van der Waals surface area contributed by atoms with E-state index in [1.807, 2.05) is 0 Å². The molecule has 0 aromatic carbocycles. The van der Waals surface area contributed by atoms with Crippen LogP contribution in [-0.2, 0) is 4.74 Å². The highest BCUT2D eigenvalue weighted by Crippen LogP contribution is 2.64. The summed E-state index contributed by atoms with van der Waals surface area (Å²) in [7, 11) is 0. The third kappa shape index (κ3) is 2.03. The smallest absolute Gasteiger partial charge is 0.337 e. The molecule has 1 aliphatic rings. The summed E-state index contributed by atoms with van der Waals surface area (Å²) in [6.07, 6.45) is -0.305. The zero-order chi connectivity index (χ0) is 17.8. The maximum atomic E-state index is 14.9. The lowest BCUT2D eigenvalue weighted by atomic mass is 9.64. The Morgan fingerprint density at radius 2 is 1.18 bits per heavy atom. The maximum Gasteiger partial charge on any atom is 0.371 e. The van der Waals surface area contributed by atoms with E-state index in [2.05, 4.69) is 4.74 Å². The number of halogens is 6. The summed E-state index contributed by atoms with van der Waals surface area (Å²) in [6, 6.07) is 0. The molecule has 1 heterocycles. The molecule has 0 amide bonds. The Labute approximate surface area is 127 Å². The van der Waals surface area contributed by atoms with Gasteiger partial charge in [0, 0.05) is 10.8 Å². The number of ether oxygens (including phenoxy) is 1. The second-order valence-corrected chi connectivity index (χ2v) is 7.31. The van der Waals surface area contributed by atoms with Crippen molar-refractivity contribution in [3.05, 3.63) is 0 Å². The third-order valence-corrected chi connectivity index (χ3v) is 5.48. The molecule has 22 heavy (non-hydrogen) atoms. The molecule has 7 heteroatoms. The lowest BCUT2D eigenvalue weighted by Crippen LogP contribution is -2.77. The Bertz CT molecular complexity index is 394. The molecule has 2 atom stereocenters. The Morgan fingerprint density at radius 3 is 1.55 bits per heavy atom. The number of rotatable bonds is 4. The van der Waals surface area contributed by atoms with Crippen molar-refractivity contribution in [3.63, 3.8) is 0 Å². The molecule has 0 saturated carbocycles. The van der Waals surface area contributed by atoms with Crippen molar-refractivity contribution >= 4 is 0 Å². The van der Waals surface area contributed by atoms with E-state index in [0.29, 0.717) is 0 Å². The lowest BCUT2D eigenvalue weighted by molar-refractivity contribution is -0.452. The quantitative estimate of drug-likeness (QED) is 0.614. The molecule has 1 aliphatic heterocycles. The molecule has 0 aromatic rings. The molecule has 1 saturated heterocycles. The van der Waals surface area contributed by atoms with Crippen LogP contribution in [0.5, 0.6) is 0 Å². The SMILES string of the molecule is CCC(C)(C)C1(F)COC(F)(C(C)(C)CC)C(F)(F)C1(F)F. The number of alkyl halides is 6. The Hall–Kier alpha value is -0.460. The van der Waals surface area contributed by atoms with Gasteiger partial charge in [0.25, 0.3) is 5.85 Å². The van der Waals surface area contributed by atoms with Crippen LogP contribution in [0.4, 0.5) is 26.3 Å². The molecule has 0 bridgehead atoms. The van der Waals surface area contributed by atoms with Crippen LogP contribution in [0, 0.1) is 10.8 Å². The van der Waals surface area contributed by atoms with E-state index in [1.165, 1.54) is 13.8 Å². The zero-order valence-corrected chi connectivity index (χ0v) is 13.8. The van der Waals surface area contributed by atoms with Crippen LogP contribution in [0.15, 0.2) is 0 Å². The van der Waals surface area contributed by atoms with Crippen LogP contribution in [0.3, 0.4) is 0 Å². The van der Waals surface area contributed by atoms with Gasteiger partial charge in [-0.1, -0.05) is 41.5 Å². The van der Waals surface area contributed by atoms with Crippen molar-refractivity contribution in [1.82, 2.24) is 0 Å². The minimum Gasteiger partial charge on any atom is -0.337 e. The van der Waals surface area contributed by atoms with E-state index in [0.717, 1.165) is 27.7 Å². The molecular weight excluding hydrogens is 310 g/mol. The van der Waals surface area contributed by atoms with Gasteiger partial charge in [0.2, 0.25) is 5.67 Å². The fourth-order valence-corrected chi connectivity index (χ4v) is 2.58. The first kappa shape index (κ1) is 19.6. The number of hydrogen-bond donors (Lipinski definition) is 0. The summed E-state index contributed by atoms with van der Waals surface area (Å²) in [5.41, 5.74) is -7.38. The van der Waals surface area contributed by atoms with Crippen molar-refractivity contribution in [2.45, 2.75) is 77.8 Å². The molecule has 1 fully saturated rings. The van der Waals surface area contributed by atoms with E-state index in [-0.39, 0.29) is 12.8 Å². The second-order valence-electron chi connectivity index (χ2n) is 7.31. The van der Waals surface area contributed by atoms with Crippen molar-refractivity contribution in [2.24, 2.45) is 10.8 Å². The van der Waals surface area contributed by atoms with Gasteiger partial charge in [-0.25, -0.2) is 8.78 Å². The second kappa shape index (κ2) is 5.02. The molecule has 0 spiro atoms. The van der Waals surface area contributed by atoms with E-state index in [4.69, 9.17) is 0 Å². The van der Waals surface area contributed by atoms with Crippen molar-refractivity contribution in [1.29, 1.82) is 0 Å². The van der Waals surface area contributed by atoms with Gasteiger partial charge in [-0.3, -0.25) is 0 Å². The van der Waals surface area contributed by atoms with E-state index >= 15 is 0 Å². The van der Waals surface area contributed by atoms with Gasteiger partial charge >= 0.3 is 11.8 Å². The molecule has 2 unspecified atom stereocenters. The molecule has 0 N–H and O–H groups in total. The first-order chi connectivity index (χ1) is 9.58. The summed E-state index contributed by atoms with van der Waals surface area (Å²) in [5, 5.41) is 0. The Balaban J connectivity index is 3.52. The van der Waals surface area contributed by atoms with Crippen molar-refractivity contribution < 1.29 is 31.1 Å². The first-order valence-corrected chi connectivity index (χ1v) is 7.35. The summed E-state index contributed by atoms with van der Waals surface area (Å²) in [6.45, 7) is 5.71. The maximum absolute atomic E-state index is 14.9. The minimum absolute atomic E-state index is 0.130. The minimum atomic E-state index is -5.29. The van der Waals surface area contributed by atoms with Gasteiger partial charge in [-0.15, -0.1) is 0 Å². The van der Waals surface area contributed by atoms with Crippen LogP contribution in [0.2, 0.25) is 0 Å². The van der Waals surface area contributed by atoms with Crippen LogP contribution >= 0.6 is 0 Å². The topological polar surface area (TPSA) is 9.23 Å². The standard InChI is InChI=1S/C15H24F6O/c1-7-10(3,4)12(16)9-22-15(21,11(5,6)8-2)14(19,20)13(12,17)18/h7-9H2,1-6H3. The van der Waals surface area contributed by atoms with Crippen LogP contribution in [-0.4, -0.2) is 30.0 Å². The van der Waals surface area contributed by atoms with Crippen molar-refractivity contribution in [2.75, 3.05) is 6.61 Å². The molecule has 0 aromatic heterocycles. The van der Waals surface area contributed by atoms with E-state index in [9.17, 15) is 26.3 Å². The largest absolute Gasteiger partial charge is 0.371 e. The lowest BCUT2D eigenvalue weighted by Gasteiger charge is -2.56. The molecule has 1 nitrogen and oxygen atoms in total. The molecule has 0 aliphatic carbocycles. The zero-order valence-electron chi connectivity index (χ0n) is 13.8. The van der Waals surface area contributed by atoms with Crippen LogP contribution in [0.1, 0.15) is 54.4 Å². The van der Waals surface area contributed by atoms with Gasteiger partial charge in [0.1, 0.15) is 0 Å². The van der Waals surface area contributed by atoms with Gasteiger partial charge in [-0.05, 0) is 12.8 Å². The first-order valence-electron chi connectivity index (χ1n) is 7.35. The molecule has 132 valence electrons. The average molecular weight is 334 g/mol. The fourth-order valence-electron chi connectivity index (χ4n) is 2.58.